The van der Waals surface area contributed by atoms with E-state index in [0.29, 0.717) is 28.5 Å². The second-order valence-electron chi connectivity index (χ2n) is 8.91. The molecule has 0 spiro atoms. The SMILES string of the molecule is COc1ccc(N2C(=O)CC(N(C(=O)c3ccc(OC)c(OC)c3)C3CCCCCC3)C2=O)cc1. The van der Waals surface area contributed by atoms with Gasteiger partial charge in [-0.25, -0.2) is 4.90 Å². The molecule has 2 fully saturated rings. The molecule has 35 heavy (non-hydrogen) atoms. The van der Waals surface area contributed by atoms with Crippen molar-refractivity contribution in [1.29, 1.82) is 0 Å². The molecule has 2 aliphatic rings. The van der Waals surface area contributed by atoms with Gasteiger partial charge in [-0.3, -0.25) is 14.4 Å². The van der Waals surface area contributed by atoms with Gasteiger partial charge < -0.3 is 19.1 Å². The second kappa shape index (κ2) is 10.8. The molecule has 4 rings (SSSR count). The van der Waals surface area contributed by atoms with Gasteiger partial charge in [0.1, 0.15) is 11.8 Å². The molecule has 1 saturated heterocycles. The summed E-state index contributed by atoms with van der Waals surface area (Å²) in [5, 5.41) is 0. The van der Waals surface area contributed by atoms with Crippen molar-refractivity contribution >= 4 is 23.4 Å². The third kappa shape index (κ3) is 4.97. The number of carbonyl (C=O) groups is 3. The summed E-state index contributed by atoms with van der Waals surface area (Å²) < 4.78 is 15.9. The van der Waals surface area contributed by atoms with E-state index in [1.807, 2.05) is 0 Å². The van der Waals surface area contributed by atoms with Gasteiger partial charge in [-0.05, 0) is 55.3 Å². The van der Waals surface area contributed by atoms with Crippen LogP contribution >= 0.6 is 0 Å². The third-order valence-corrected chi connectivity index (χ3v) is 6.87. The Kier molecular flexibility index (Phi) is 7.58. The number of anilines is 1. The summed E-state index contributed by atoms with van der Waals surface area (Å²) in [7, 11) is 4.61. The van der Waals surface area contributed by atoms with Gasteiger partial charge in [0, 0.05) is 11.6 Å². The average molecular weight is 481 g/mol. The van der Waals surface area contributed by atoms with Gasteiger partial charge >= 0.3 is 0 Å². The van der Waals surface area contributed by atoms with Gasteiger partial charge in [-0.15, -0.1) is 0 Å². The lowest BCUT2D eigenvalue weighted by molar-refractivity contribution is -0.123. The molecule has 0 N–H and O–H groups in total. The summed E-state index contributed by atoms with van der Waals surface area (Å²) in [6, 6.07) is 10.8. The number of hydrogen-bond donors (Lipinski definition) is 0. The Balaban J connectivity index is 1.69. The highest BCUT2D eigenvalue weighted by atomic mass is 16.5. The molecule has 1 aliphatic heterocycles. The molecule has 8 heteroatoms. The zero-order chi connectivity index (χ0) is 24.9. The Labute approximate surface area is 205 Å². The minimum atomic E-state index is -0.853. The normalized spacial score (nSPS) is 18.8. The van der Waals surface area contributed by atoms with Gasteiger partial charge in [-0.1, -0.05) is 25.7 Å². The van der Waals surface area contributed by atoms with Crippen molar-refractivity contribution in [3.63, 3.8) is 0 Å². The topological polar surface area (TPSA) is 85.4 Å². The molecule has 0 aromatic heterocycles. The van der Waals surface area contributed by atoms with Crippen LogP contribution in [-0.2, 0) is 9.59 Å². The second-order valence-corrected chi connectivity index (χ2v) is 8.91. The highest BCUT2D eigenvalue weighted by Crippen LogP contribution is 2.34. The number of benzene rings is 2. The summed E-state index contributed by atoms with van der Waals surface area (Å²) in [6.45, 7) is 0. The Morgan fingerprint density at radius 3 is 2.11 bits per heavy atom. The van der Waals surface area contributed by atoms with E-state index >= 15 is 0 Å². The predicted molar refractivity (Wildman–Crippen MR) is 131 cm³/mol. The zero-order valence-corrected chi connectivity index (χ0v) is 20.5. The van der Waals surface area contributed by atoms with E-state index in [0.717, 1.165) is 38.5 Å². The third-order valence-electron chi connectivity index (χ3n) is 6.87. The standard InChI is InChI=1S/C27H32N2O6/c1-33-21-13-11-20(12-14-21)29-25(30)17-22(27(29)32)28(19-8-6-4-5-7-9-19)26(31)18-10-15-23(34-2)24(16-18)35-3/h10-16,19,22H,4-9,17H2,1-3H3. The lowest BCUT2D eigenvalue weighted by Crippen LogP contribution is -2.50. The number of methoxy groups -OCH3 is 3. The van der Waals surface area contributed by atoms with Gasteiger partial charge in [0.05, 0.1) is 33.4 Å². The van der Waals surface area contributed by atoms with Crippen molar-refractivity contribution in [2.24, 2.45) is 0 Å². The molecule has 8 nitrogen and oxygen atoms in total. The summed E-state index contributed by atoms with van der Waals surface area (Å²) in [6.07, 6.45) is 5.74. The number of nitrogens with zero attached hydrogens (tertiary/aromatic N) is 2. The lowest BCUT2D eigenvalue weighted by Gasteiger charge is -2.35. The summed E-state index contributed by atoms with van der Waals surface area (Å²) in [5.41, 5.74) is 0.873. The number of hydrogen-bond acceptors (Lipinski definition) is 6. The molecule has 1 aliphatic carbocycles. The molecule has 1 saturated carbocycles. The minimum absolute atomic E-state index is 0.0413. The lowest BCUT2D eigenvalue weighted by atomic mass is 10.0. The fourth-order valence-corrected chi connectivity index (χ4v) is 5.05. The van der Waals surface area contributed by atoms with Crippen molar-refractivity contribution in [2.45, 2.75) is 57.0 Å². The number of carbonyl (C=O) groups excluding carboxylic acids is 3. The first-order chi connectivity index (χ1) is 17.0. The van der Waals surface area contributed by atoms with E-state index in [9.17, 15) is 14.4 Å². The first kappa shape index (κ1) is 24.6. The van der Waals surface area contributed by atoms with E-state index < -0.39 is 6.04 Å². The van der Waals surface area contributed by atoms with E-state index in [4.69, 9.17) is 14.2 Å². The largest absolute Gasteiger partial charge is 0.497 e. The number of rotatable bonds is 7. The molecule has 0 radical (unpaired) electrons. The first-order valence-electron chi connectivity index (χ1n) is 12.0. The maximum atomic E-state index is 13.9. The molecular weight excluding hydrogens is 448 g/mol. The van der Waals surface area contributed by atoms with Crippen LogP contribution in [0.1, 0.15) is 55.3 Å². The molecule has 1 heterocycles. The molecule has 186 valence electrons. The molecule has 0 bridgehead atoms. The number of ether oxygens (including phenoxy) is 3. The van der Waals surface area contributed by atoms with E-state index in [1.165, 1.54) is 19.1 Å². The maximum Gasteiger partial charge on any atom is 0.257 e. The maximum absolute atomic E-state index is 13.9. The van der Waals surface area contributed by atoms with Crippen LogP contribution in [0, 0.1) is 0 Å². The highest BCUT2D eigenvalue weighted by molar-refractivity contribution is 6.23. The van der Waals surface area contributed by atoms with Crippen LogP contribution in [0.5, 0.6) is 17.2 Å². The van der Waals surface area contributed by atoms with E-state index in [2.05, 4.69) is 0 Å². The fourth-order valence-electron chi connectivity index (χ4n) is 5.05. The van der Waals surface area contributed by atoms with Crippen LogP contribution in [0.2, 0.25) is 0 Å². The number of amides is 3. The smallest absolute Gasteiger partial charge is 0.257 e. The van der Waals surface area contributed by atoms with E-state index in [1.54, 1.807) is 54.5 Å². The van der Waals surface area contributed by atoms with Crippen molar-refractivity contribution in [2.75, 3.05) is 26.2 Å². The minimum Gasteiger partial charge on any atom is -0.497 e. The van der Waals surface area contributed by atoms with Crippen LogP contribution < -0.4 is 19.1 Å². The van der Waals surface area contributed by atoms with Crippen molar-refractivity contribution in [3.8, 4) is 17.2 Å². The Morgan fingerprint density at radius 2 is 1.51 bits per heavy atom. The fraction of sp³-hybridized carbons (Fsp3) is 0.444. The summed E-state index contributed by atoms with van der Waals surface area (Å²) in [5.74, 6) is 0.617. The quantitative estimate of drug-likeness (QED) is 0.436. The molecule has 1 unspecified atom stereocenters. The highest BCUT2D eigenvalue weighted by Gasteiger charge is 2.46. The van der Waals surface area contributed by atoms with Crippen molar-refractivity contribution in [1.82, 2.24) is 4.90 Å². The predicted octanol–water partition coefficient (Wildman–Crippen LogP) is 4.21. The molecule has 1 atom stereocenters. The number of imide groups is 1. The van der Waals surface area contributed by atoms with Gasteiger partial charge in [0.2, 0.25) is 5.91 Å². The molecule has 2 aromatic rings. The Bertz CT molecular complexity index is 1080. The van der Waals surface area contributed by atoms with Crippen molar-refractivity contribution < 1.29 is 28.6 Å². The summed E-state index contributed by atoms with van der Waals surface area (Å²) >= 11 is 0. The molecule has 3 amide bonds. The van der Waals surface area contributed by atoms with Crippen LogP contribution in [-0.4, -0.2) is 56.0 Å². The van der Waals surface area contributed by atoms with Crippen LogP contribution in [0.15, 0.2) is 42.5 Å². The van der Waals surface area contributed by atoms with Gasteiger partial charge in [0.25, 0.3) is 11.8 Å². The van der Waals surface area contributed by atoms with Crippen LogP contribution in [0.25, 0.3) is 0 Å². The van der Waals surface area contributed by atoms with Crippen molar-refractivity contribution in [3.05, 3.63) is 48.0 Å². The summed E-state index contributed by atoms with van der Waals surface area (Å²) in [4.78, 5) is 43.5. The van der Waals surface area contributed by atoms with Crippen LogP contribution in [0.3, 0.4) is 0 Å². The first-order valence-corrected chi connectivity index (χ1v) is 12.0. The van der Waals surface area contributed by atoms with E-state index in [-0.39, 0.29) is 30.2 Å². The van der Waals surface area contributed by atoms with Crippen LogP contribution in [0.4, 0.5) is 5.69 Å². The monoisotopic (exact) mass is 480 g/mol. The molecular formula is C27H32N2O6. The van der Waals surface area contributed by atoms with Gasteiger partial charge in [0.15, 0.2) is 11.5 Å². The molecule has 2 aromatic carbocycles. The Morgan fingerprint density at radius 1 is 0.857 bits per heavy atom. The van der Waals surface area contributed by atoms with Gasteiger partial charge in [-0.2, -0.15) is 0 Å². The Hall–Kier alpha value is -3.55. The zero-order valence-electron chi connectivity index (χ0n) is 20.5. The average Bonchev–Trinajstić information content (AvgIpc) is 3.04.